The van der Waals surface area contributed by atoms with Crippen molar-refractivity contribution in [3.8, 4) is 0 Å². The zero-order chi connectivity index (χ0) is 15.8. The summed E-state index contributed by atoms with van der Waals surface area (Å²) in [5.74, 6) is -0.126. The Bertz CT molecular complexity index is 558. The summed E-state index contributed by atoms with van der Waals surface area (Å²) in [4.78, 5) is 14.4. The molecule has 0 aliphatic heterocycles. The van der Waals surface area contributed by atoms with Crippen molar-refractivity contribution in [3.05, 3.63) is 36.4 Å². The largest absolute Gasteiger partial charge is 0.351 e. The van der Waals surface area contributed by atoms with Crippen molar-refractivity contribution in [1.82, 2.24) is 29.8 Å². The first kappa shape index (κ1) is 16.2. The second kappa shape index (κ2) is 8.33. The molecule has 0 bridgehead atoms. The number of amides is 1. The van der Waals surface area contributed by atoms with Crippen molar-refractivity contribution in [2.24, 2.45) is 0 Å². The summed E-state index contributed by atoms with van der Waals surface area (Å²) in [6, 6.07) is 3.58. The second-order valence-electron chi connectivity index (χ2n) is 5.06. The van der Waals surface area contributed by atoms with Crippen LogP contribution in [0.25, 0.3) is 0 Å². The van der Waals surface area contributed by atoms with Crippen LogP contribution in [0.3, 0.4) is 0 Å². The third-order valence-corrected chi connectivity index (χ3v) is 3.55. The van der Waals surface area contributed by atoms with Crippen LogP contribution in [0.4, 0.5) is 0 Å². The second-order valence-corrected chi connectivity index (χ2v) is 5.06. The molecule has 0 saturated heterocycles. The van der Waals surface area contributed by atoms with Gasteiger partial charge in [-0.1, -0.05) is 13.8 Å². The van der Waals surface area contributed by atoms with Gasteiger partial charge in [-0.05, 0) is 38.2 Å². The summed E-state index contributed by atoms with van der Waals surface area (Å²) in [5, 5.41) is 11.3. The first-order valence-corrected chi connectivity index (χ1v) is 7.74. The highest BCUT2D eigenvalue weighted by atomic mass is 16.1. The number of rotatable bonds is 9. The molecule has 2 heterocycles. The van der Waals surface area contributed by atoms with Gasteiger partial charge in [0.1, 0.15) is 12.4 Å². The van der Waals surface area contributed by atoms with Crippen LogP contribution in [0.2, 0.25) is 0 Å². The van der Waals surface area contributed by atoms with E-state index in [1.54, 1.807) is 27.8 Å². The maximum Gasteiger partial charge on any atom is 0.271 e. The highest BCUT2D eigenvalue weighted by Gasteiger charge is 2.09. The fraction of sp³-hybridized carbons (Fsp3) is 0.533. The Hall–Kier alpha value is -2.15. The molecule has 0 saturated carbocycles. The van der Waals surface area contributed by atoms with Crippen molar-refractivity contribution in [2.45, 2.75) is 26.9 Å². The lowest BCUT2D eigenvalue weighted by Gasteiger charge is -2.17. The summed E-state index contributed by atoms with van der Waals surface area (Å²) in [6.07, 6.45) is 6.30. The Balaban J connectivity index is 1.75. The number of hydrogen-bond donors (Lipinski definition) is 1. The predicted molar refractivity (Wildman–Crippen MR) is 84.6 cm³/mol. The lowest BCUT2D eigenvalue weighted by atomic mass is 10.3. The van der Waals surface area contributed by atoms with Gasteiger partial charge in [0.2, 0.25) is 0 Å². The summed E-state index contributed by atoms with van der Waals surface area (Å²) in [5.41, 5.74) is 0.440. The Morgan fingerprint density at radius 1 is 1.27 bits per heavy atom. The first-order chi connectivity index (χ1) is 10.7. The summed E-state index contributed by atoms with van der Waals surface area (Å²) < 4.78 is 3.44. The number of carbonyl (C=O) groups excluding carboxylic acids is 1. The summed E-state index contributed by atoms with van der Waals surface area (Å²) in [7, 11) is 0. The van der Waals surface area contributed by atoms with Gasteiger partial charge in [0.05, 0.1) is 0 Å². The Morgan fingerprint density at radius 2 is 2.09 bits per heavy atom. The van der Waals surface area contributed by atoms with E-state index in [0.717, 1.165) is 26.1 Å². The van der Waals surface area contributed by atoms with Crippen LogP contribution in [0.1, 0.15) is 30.8 Å². The minimum Gasteiger partial charge on any atom is -0.351 e. The highest BCUT2D eigenvalue weighted by molar-refractivity contribution is 5.92. The van der Waals surface area contributed by atoms with Gasteiger partial charge in [-0.2, -0.15) is 10.2 Å². The minimum atomic E-state index is -0.126. The normalized spacial score (nSPS) is 11.0. The Labute approximate surface area is 130 Å². The van der Waals surface area contributed by atoms with Crippen LogP contribution >= 0.6 is 0 Å². The van der Waals surface area contributed by atoms with Gasteiger partial charge >= 0.3 is 0 Å². The van der Waals surface area contributed by atoms with Crippen LogP contribution in [-0.4, -0.2) is 56.5 Å². The monoisotopic (exact) mass is 304 g/mol. The molecule has 1 N–H and O–H groups in total. The van der Waals surface area contributed by atoms with E-state index in [4.69, 9.17) is 0 Å². The van der Waals surface area contributed by atoms with Gasteiger partial charge in [-0.3, -0.25) is 14.2 Å². The average molecular weight is 304 g/mol. The molecular formula is C15H24N6O. The average Bonchev–Trinajstić information content (AvgIpc) is 3.19. The molecule has 1 amide bonds. The van der Waals surface area contributed by atoms with E-state index in [-0.39, 0.29) is 5.91 Å². The molecule has 2 rings (SSSR count). The fourth-order valence-electron chi connectivity index (χ4n) is 2.23. The van der Waals surface area contributed by atoms with E-state index in [2.05, 4.69) is 34.3 Å². The maximum absolute atomic E-state index is 12.0. The van der Waals surface area contributed by atoms with Crippen LogP contribution in [-0.2, 0) is 6.67 Å². The summed E-state index contributed by atoms with van der Waals surface area (Å²) in [6.45, 7) is 8.55. The molecule has 2 aromatic rings. The number of hydrogen-bond acceptors (Lipinski definition) is 4. The van der Waals surface area contributed by atoms with Crippen molar-refractivity contribution in [1.29, 1.82) is 0 Å². The SMILES string of the molecule is CCN(CC)CCCNC(=O)c1ccn(Cn2cccn2)n1. The lowest BCUT2D eigenvalue weighted by molar-refractivity contribution is 0.0946. The molecule has 120 valence electrons. The van der Waals surface area contributed by atoms with Crippen molar-refractivity contribution in [2.75, 3.05) is 26.2 Å². The standard InChI is InChI=1S/C15H24N6O/c1-3-19(4-2)10-5-8-16-15(22)14-7-12-21(18-14)13-20-11-6-9-17-20/h6-7,9,11-12H,3-5,8,10,13H2,1-2H3,(H,16,22). The van der Waals surface area contributed by atoms with Crippen LogP contribution in [0.15, 0.2) is 30.7 Å². The van der Waals surface area contributed by atoms with Crippen LogP contribution in [0, 0.1) is 0 Å². The van der Waals surface area contributed by atoms with Gasteiger partial charge in [-0.25, -0.2) is 0 Å². The van der Waals surface area contributed by atoms with Gasteiger partial charge in [-0.15, -0.1) is 0 Å². The van der Waals surface area contributed by atoms with Gasteiger partial charge in [0.25, 0.3) is 5.91 Å². The molecule has 0 fully saturated rings. The molecule has 0 atom stereocenters. The van der Waals surface area contributed by atoms with E-state index >= 15 is 0 Å². The van der Waals surface area contributed by atoms with E-state index in [1.165, 1.54) is 0 Å². The number of nitrogens with one attached hydrogen (secondary N) is 1. The molecule has 0 radical (unpaired) electrons. The van der Waals surface area contributed by atoms with Crippen molar-refractivity contribution >= 4 is 5.91 Å². The zero-order valence-corrected chi connectivity index (χ0v) is 13.3. The summed E-state index contributed by atoms with van der Waals surface area (Å²) >= 11 is 0. The molecule has 2 aromatic heterocycles. The molecule has 0 spiro atoms. The minimum absolute atomic E-state index is 0.126. The number of aromatic nitrogens is 4. The molecule has 0 aliphatic rings. The smallest absolute Gasteiger partial charge is 0.271 e. The molecular weight excluding hydrogens is 280 g/mol. The third kappa shape index (κ3) is 4.70. The molecule has 0 unspecified atom stereocenters. The molecule has 0 aromatic carbocycles. The van der Waals surface area contributed by atoms with Crippen molar-refractivity contribution < 1.29 is 4.79 Å². The van der Waals surface area contributed by atoms with Crippen LogP contribution in [0.5, 0.6) is 0 Å². The maximum atomic E-state index is 12.0. The lowest BCUT2D eigenvalue weighted by Crippen LogP contribution is -2.30. The van der Waals surface area contributed by atoms with Crippen LogP contribution < -0.4 is 5.32 Å². The quantitative estimate of drug-likeness (QED) is 0.703. The molecule has 0 aliphatic carbocycles. The highest BCUT2D eigenvalue weighted by Crippen LogP contribution is 1.97. The number of nitrogens with zero attached hydrogens (tertiary/aromatic N) is 5. The van der Waals surface area contributed by atoms with E-state index in [1.807, 2.05) is 12.3 Å². The van der Waals surface area contributed by atoms with Gasteiger partial charge < -0.3 is 10.2 Å². The van der Waals surface area contributed by atoms with Crippen molar-refractivity contribution in [3.63, 3.8) is 0 Å². The first-order valence-electron chi connectivity index (χ1n) is 7.74. The van der Waals surface area contributed by atoms with Gasteiger partial charge in [0.15, 0.2) is 0 Å². The topological polar surface area (TPSA) is 68.0 Å². The number of carbonyl (C=O) groups is 1. The Morgan fingerprint density at radius 3 is 2.77 bits per heavy atom. The zero-order valence-electron chi connectivity index (χ0n) is 13.3. The Kier molecular flexibility index (Phi) is 6.14. The molecule has 7 heteroatoms. The van der Waals surface area contributed by atoms with Gasteiger partial charge in [0, 0.05) is 25.1 Å². The van der Waals surface area contributed by atoms with E-state index < -0.39 is 0 Å². The van der Waals surface area contributed by atoms with E-state index in [0.29, 0.717) is 18.9 Å². The molecule has 7 nitrogen and oxygen atoms in total. The predicted octanol–water partition coefficient (Wildman–Crippen LogP) is 1.05. The third-order valence-electron chi connectivity index (χ3n) is 3.55. The molecule has 22 heavy (non-hydrogen) atoms. The fourth-order valence-corrected chi connectivity index (χ4v) is 2.23. The van der Waals surface area contributed by atoms with E-state index in [9.17, 15) is 4.79 Å².